The van der Waals surface area contributed by atoms with Gasteiger partial charge in [0, 0.05) is 5.56 Å². The largest absolute Gasteiger partial charge is 0.489 e. The summed E-state index contributed by atoms with van der Waals surface area (Å²) >= 11 is 0. The molecule has 1 N–H and O–H groups in total. The predicted octanol–water partition coefficient (Wildman–Crippen LogP) is 3.85. The topological polar surface area (TPSA) is 46.5 Å². The van der Waals surface area contributed by atoms with Crippen LogP contribution in [0.15, 0.2) is 41.5 Å². The van der Waals surface area contributed by atoms with E-state index in [2.05, 4.69) is 6.08 Å². The molecular formula is C18H24O3. The number of aldehydes is 1. The minimum atomic E-state index is 0.101. The first-order chi connectivity index (χ1) is 10.0. The molecule has 1 aromatic carbocycles. The quantitative estimate of drug-likeness (QED) is 0.584. The van der Waals surface area contributed by atoms with E-state index in [1.807, 2.05) is 39.0 Å². The van der Waals surface area contributed by atoms with Crippen LogP contribution in [0, 0.1) is 6.92 Å². The number of hydrogen-bond acceptors (Lipinski definition) is 3. The Labute approximate surface area is 127 Å². The van der Waals surface area contributed by atoms with Crippen molar-refractivity contribution in [3.05, 3.63) is 52.6 Å². The molecule has 3 heteroatoms. The molecule has 114 valence electrons. The van der Waals surface area contributed by atoms with Crippen LogP contribution in [0.1, 0.15) is 42.6 Å². The first-order valence-corrected chi connectivity index (χ1v) is 7.17. The van der Waals surface area contributed by atoms with Crippen molar-refractivity contribution in [3.8, 4) is 5.75 Å². The van der Waals surface area contributed by atoms with Gasteiger partial charge >= 0.3 is 0 Å². The minimum Gasteiger partial charge on any atom is -0.489 e. The number of carbonyl (C=O) groups is 1. The molecule has 0 amide bonds. The monoisotopic (exact) mass is 288 g/mol. The fourth-order valence-electron chi connectivity index (χ4n) is 1.99. The lowest BCUT2D eigenvalue weighted by Gasteiger charge is -2.08. The molecule has 0 fully saturated rings. The lowest BCUT2D eigenvalue weighted by Crippen LogP contribution is -2.00. The highest BCUT2D eigenvalue weighted by Gasteiger charge is 2.00. The third kappa shape index (κ3) is 6.91. The van der Waals surface area contributed by atoms with Gasteiger partial charge in [-0.1, -0.05) is 17.7 Å². The summed E-state index contributed by atoms with van der Waals surface area (Å²) in [4.78, 5) is 10.8. The molecule has 0 spiro atoms. The second kappa shape index (κ2) is 9.14. The second-order valence-electron chi connectivity index (χ2n) is 5.31. The molecule has 0 aliphatic carbocycles. The van der Waals surface area contributed by atoms with Crippen molar-refractivity contribution >= 4 is 6.29 Å². The molecule has 0 unspecified atom stereocenters. The minimum absolute atomic E-state index is 0.101. The summed E-state index contributed by atoms with van der Waals surface area (Å²) in [5.74, 6) is 0.723. The van der Waals surface area contributed by atoms with Crippen LogP contribution in [0.2, 0.25) is 0 Å². The molecule has 0 heterocycles. The zero-order valence-corrected chi connectivity index (χ0v) is 13.1. The molecular weight excluding hydrogens is 264 g/mol. The highest BCUT2D eigenvalue weighted by Crippen LogP contribution is 2.17. The molecule has 0 radical (unpaired) electrons. The fraction of sp³-hybridized carbons (Fsp3) is 0.389. The Morgan fingerprint density at radius 3 is 2.62 bits per heavy atom. The number of aliphatic hydroxyl groups excluding tert-OH is 1. The number of hydrogen-bond donors (Lipinski definition) is 1. The Hall–Kier alpha value is -1.87. The Kier molecular flexibility index (Phi) is 7.48. The average Bonchev–Trinajstić information content (AvgIpc) is 2.45. The summed E-state index contributed by atoms with van der Waals surface area (Å²) in [6.07, 6.45) is 6.68. The van der Waals surface area contributed by atoms with Crippen LogP contribution in [0.5, 0.6) is 5.75 Å². The lowest BCUT2D eigenvalue weighted by molar-refractivity contribution is 0.112. The third-order valence-corrected chi connectivity index (χ3v) is 3.15. The van der Waals surface area contributed by atoms with Gasteiger partial charge in [0.1, 0.15) is 18.6 Å². The zero-order valence-electron chi connectivity index (χ0n) is 13.1. The van der Waals surface area contributed by atoms with Crippen LogP contribution in [0.3, 0.4) is 0 Å². The third-order valence-electron chi connectivity index (χ3n) is 3.15. The van der Waals surface area contributed by atoms with Gasteiger partial charge in [0.05, 0.1) is 6.61 Å². The number of carbonyl (C=O) groups excluding carboxylic acids is 1. The Morgan fingerprint density at radius 2 is 1.95 bits per heavy atom. The summed E-state index contributed by atoms with van der Waals surface area (Å²) in [6.45, 7) is 6.61. The molecule has 0 aromatic heterocycles. The van der Waals surface area contributed by atoms with E-state index in [0.717, 1.165) is 36.0 Å². The van der Waals surface area contributed by atoms with Gasteiger partial charge in [0.25, 0.3) is 0 Å². The Morgan fingerprint density at radius 1 is 1.19 bits per heavy atom. The number of rotatable bonds is 8. The van der Waals surface area contributed by atoms with Gasteiger partial charge in [-0.15, -0.1) is 0 Å². The van der Waals surface area contributed by atoms with E-state index in [9.17, 15) is 4.79 Å². The normalized spacial score (nSPS) is 12.4. The molecule has 0 saturated heterocycles. The molecule has 3 nitrogen and oxygen atoms in total. The van der Waals surface area contributed by atoms with Crippen LogP contribution in [0.4, 0.5) is 0 Å². The fourth-order valence-corrected chi connectivity index (χ4v) is 1.99. The Bertz CT molecular complexity index is 527. The molecule has 0 atom stereocenters. The van der Waals surface area contributed by atoms with Gasteiger partial charge < -0.3 is 9.84 Å². The van der Waals surface area contributed by atoms with E-state index in [4.69, 9.17) is 9.84 Å². The predicted molar refractivity (Wildman–Crippen MR) is 85.9 cm³/mol. The van der Waals surface area contributed by atoms with Gasteiger partial charge in [0.2, 0.25) is 0 Å². The highest BCUT2D eigenvalue weighted by molar-refractivity contribution is 5.76. The van der Waals surface area contributed by atoms with Gasteiger partial charge in [-0.3, -0.25) is 4.79 Å². The van der Waals surface area contributed by atoms with Gasteiger partial charge in [-0.2, -0.15) is 0 Å². The van der Waals surface area contributed by atoms with Crippen LogP contribution in [-0.4, -0.2) is 24.6 Å². The molecule has 21 heavy (non-hydrogen) atoms. The van der Waals surface area contributed by atoms with E-state index in [0.29, 0.717) is 12.2 Å². The van der Waals surface area contributed by atoms with E-state index >= 15 is 0 Å². The first-order valence-electron chi connectivity index (χ1n) is 7.17. The Balaban J connectivity index is 2.49. The number of ether oxygens (including phenoxy) is 1. The summed E-state index contributed by atoms with van der Waals surface area (Å²) in [5.41, 5.74) is 4.00. The van der Waals surface area contributed by atoms with Crippen molar-refractivity contribution in [2.45, 2.75) is 33.6 Å². The zero-order chi connectivity index (χ0) is 15.7. The smallest absolute Gasteiger partial charge is 0.150 e. The van der Waals surface area contributed by atoms with Crippen molar-refractivity contribution < 1.29 is 14.6 Å². The SMILES string of the molecule is C/C(=C\CO)CC/C=C(\C)COc1cc(C)cc(C=O)c1. The maximum Gasteiger partial charge on any atom is 0.150 e. The van der Waals surface area contributed by atoms with E-state index < -0.39 is 0 Å². The van der Waals surface area contributed by atoms with E-state index in [1.54, 1.807) is 6.07 Å². The highest BCUT2D eigenvalue weighted by atomic mass is 16.5. The molecule has 0 aliphatic rings. The summed E-state index contributed by atoms with van der Waals surface area (Å²) in [7, 11) is 0. The summed E-state index contributed by atoms with van der Waals surface area (Å²) in [5, 5.41) is 8.78. The van der Waals surface area contributed by atoms with E-state index in [1.165, 1.54) is 5.57 Å². The van der Waals surface area contributed by atoms with Crippen molar-refractivity contribution in [1.82, 2.24) is 0 Å². The number of aryl methyl sites for hydroxylation is 1. The average molecular weight is 288 g/mol. The van der Waals surface area contributed by atoms with Gasteiger partial charge in [-0.25, -0.2) is 0 Å². The lowest BCUT2D eigenvalue weighted by atomic mass is 10.1. The molecule has 0 aliphatic heterocycles. The number of allylic oxidation sites excluding steroid dienone is 2. The van der Waals surface area contributed by atoms with Crippen LogP contribution < -0.4 is 4.74 Å². The standard InChI is InChI=1S/C18H24O3/c1-14(7-8-19)5-4-6-15(2)13-21-18-10-16(3)9-17(11-18)12-20/h6-7,9-12,19H,4-5,8,13H2,1-3H3/b14-7+,15-6+. The van der Waals surface area contributed by atoms with Crippen LogP contribution >= 0.6 is 0 Å². The van der Waals surface area contributed by atoms with Gasteiger partial charge in [-0.05, 0) is 62.9 Å². The molecule has 1 rings (SSSR count). The number of aliphatic hydroxyl groups is 1. The maximum atomic E-state index is 10.8. The van der Waals surface area contributed by atoms with Crippen LogP contribution in [0.25, 0.3) is 0 Å². The molecule has 0 bridgehead atoms. The van der Waals surface area contributed by atoms with Crippen molar-refractivity contribution in [2.24, 2.45) is 0 Å². The second-order valence-corrected chi connectivity index (χ2v) is 5.31. The van der Waals surface area contributed by atoms with Crippen molar-refractivity contribution in [1.29, 1.82) is 0 Å². The maximum absolute atomic E-state index is 10.8. The molecule has 1 aromatic rings. The van der Waals surface area contributed by atoms with Crippen molar-refractivity contribution in [2.75, 3.05) is 13.2 Å². The van der Waals surface area contributed by atoms with Crippen molar-refractivity contribution in [3.63, 3.8) is 0 Å². The van der Waals surface area contributed by atoms with Gasteiger partial charge in [0.15, 0.2) is 0 Å². The summed E-state index contributed by atoms with van der Waals surface area (Å²) in [6, 6.07) is 5.51. The number of benzene rings is 1. The van der Waals surface area contributed by atoms with Crippen LogP contribution in [-0.2, 0) is 0 Å². The molecule has 0 saturated carbocycles. The first kappa shape index (κ1) is 17.2. The summed E-state index contributed by atoms with van der Waals surface area (Å²) < 4.78 is 5.71. The van der Waals surface area contributed by atoms with E-state index in [-0.39, 0.29) is 6.61 Å².